The maximum absolute atomic E-state index is 10.7. The van der Waals surface area contributed by atoms with Crippen LogP contribution in [0.25, 0.3) is 0 Å². The Labute approximate surface area is 89.5 Å². The SMILES string of the molecule is C=CCNc1c(C)cc(C=O)cc1N=C. The van der Waals surface area contributed by atoms with E-state index in [2.05, 4.69) is 23.6 Å². The molecule has 3 nitrogen and oxygen atoms in total. The van der Waals surface area contributed by atoms with Crippen molar-refractivity contribution in [3.05, 3.63) is 35.9 Å². The molecule has 0 amide bonds. The molecule has 1 N–H and O–H groups in total. The summed E-state index contributed by atoms with van der Waals surface area (Å²) in [6.07, 6.45) is 2.57. The number of aryl methyl sites for hydroxylation is 1. The van der Waals surface area contributed by atoms with Crippen LogP contribution in [-0.2, 0) is 0 Å². The van der Waals surface area contributed by atoms with Crippen molar-refractivity contribution in [1.29, 1.82) is 0 Å². The monoisotopic (exact) mass is 202 g/mol. The van der Waals surface area contributed by atoms with Crippen LogP contribution < -0.4 is 5.32 Å². The smallest absolute Gasteiger partial charge is 0.150 e. The van der Waals surface area contributed by atoms with E-state index in [1.807, 2.05) is 13.0 Å². The van der Waals surface area contributed by atoms with E-state index < -0.39 is 0 Å². The average molecular weight is 202 g/mol. The molecule has 1 aromatic carbocycles. The van der Waals surface area contributed by atoms with Gasteiger partial charge in [-0.3, -0.25) is 9.79 Å². The molecular formula is C12H14N2O. The number of hydrogen-bond donors (Lipinski definition) is 1. The molecule has 0 unspecified atom stereocenters. The third kappa shape index (κ3) is 2.53. The Balaban J connectivity index is 3.17. The fourth-order valence-electron chi connectivity index (χ4n) is 1.39. The lowest BCUT2D eigenvalue weighted by atomic mass is 10.1. The van der Waals surface area contributed by atoms with Gasteiger partial charge in [-0.05, 0) is 31.3 Å². The van der Waals surface area contributed by atoms with Gasteiger partial charge in [0, 0.05) is 12.1 Å². The van der Waals surface area contributed by atoms with Gasteiger partial charge in [-0.1, -0.05) is 6.08 Å². The molecule has 0 heterocycles. The number of carbonyl (C=O) groups is 1. The second-order valence-corrected chi connectivity index (χ2v) is 3.18. The molecule has 0 bridgehead atoms. The maximum atomic E-state index is 10.7. The molecule has 0 aromatic heterocycles. The summed E-state index contributed by atoms with van der Waals surface area (Å²) in [4.78, 5) is 14.5. The number of nitrogens with one attached hydrogen (secondary N) is 1. The van der Waals surface area contributed by atoms with Crippen LogP contribution in [0.1, 0.15) is 15.9 Å². The molecule has 0 aliphatic rings. The molecule has 0 radical (unpaired) electrons. The first-order valence-corrected chi connectivity index (χ1v) is 4.64. The Morgan fingerprint density at radius 3 is 2.80 bits per heavy atom. The summed E-state index contributed by atoms with van der Waals surface area (Å²) in [5.41, 5.74) is 3.18. The fraction of sp³-hybridized carbons (Fsp3) is 0.167. The number of aldehydes is 1. The molecule has 0 aliphatic carbocycles. The van der Waals surface area contributed by atoms with E-state index in [4.69, 9.17) is 0 Å². The Bertz CT molecular complexity index is 397. The summed E-state index contributed by atoms with van der Waals surface area (Å²) in [5, 5.41) is 3.17. The molecule has 1 aromatic rings. The van der Waals surface area contributed by atoms with Gasteiger partial charge in [-0.2, -0.15) is 0 Å². The highest BCUT2D eigenvalue weighted by molar-refractivity contribution is 5.83. The molecule has 0 fully saturated rings. The van der Waals surface area contributed by atoms with Crippen LogP contribution in [0.3, 0.4) is 0 Å². The summed E-state index contributed by atoms with van der Waals surface area (Å²) in [7, 11) is 0. The van der Waals surface area contributed by atoms with Gasteiger partial charge in [0.25, 0.3) is 0 Å². The molecule has 15 heavy (non-hydrogen) atoms. The third-order valence-corrected chi connectivity index (χ3v) is 2.07. The van der Waals surface area contributed by atoms with E-state index in [1.54, 1.807) is 12.1 Å². The topological polar surface area (TPSA) is 41.5 Å². The molecule has 0 saturated carbocycles. The largest absolute Gasteiger partial charge is 0.380 e. The molecule has 0 spiro atoms. The molecular weight excluding hydrogens is 188 g/mol. The third-order valence-electron chi connectivity index (χ3n) is 2.07. The lowest BCUT2D eigenvalue weighted by Gasteiger charge is -2.11. The minimum Gasteiger partial charge on any atom is -0.380 e. The second kappa shape index (κ2) is 5.10. The predicted octanol–water partition coefficient (Wildman–Crippen LogP) is 2.74. The van der Waals surface area contributed by atoms with Crippen LogP contribution >= 0.6 is 0 Å². The standard InChI is InChI=1S/C12H14N2O/c1-4-5-14-12-9(2)6-10(8-15)7-11(12)13-3/h4,6-8,14H,1,3,5H2,2H3. The van der Waals surface area contributed by atoms with Crippen molar-refractivity contribution in [3.63, 3.8) is 0 Å². The Morgan fingerprint density at radius 2 is 2.27 bits per heavy atom. The van der Waals surface area contributed by atoms with E-state index in [-0.39, 0.29) is 0 Å². The first-order chi connectivity index (χ1) is 7.22. The van der Waals surface area contributed by atoms with Gasteiger partial charge >= 0.3 is 0 Å². The van der Waals surface area contributed by atoms with Crippen LogP contribution in [0.15, 0.2) is 29.8 Å². The van der Waals surface area contributed by atoms with Crippen molar-refractivity contribution in [2.24, 2.45) is 4.99 Å². The van der Waals surface area contributed by atoms with Crippen LogP contribution in [-0.4, -0.2) is 19.5 Å². The summed E-state index contributed by atoms with van der Waals surface area (Å²) < 4.78 is 0. The van der Waals surface area contributed by atoms with Crippen molar-refractivity contribution in [2.75, 3.05) is 11.9 Å². The Hall–Kier alpha value is -1.90. The number of anilines is 1. The number of aliphatic imine (C=N–C) groups is 1. The van der Waals surface area contributed by atoms with Crippen molar-refractivity contribution in [2.45, 2.75) is 6.92 Å². The normalized spacial score (nSPS) is 9.40. The highest BCUT2D eigenvalue weighted by Crippen LogP contribution is 2.29. The van der Waals surface area contributed by atoms with E-state index in [1.165, 1.54) is 0 Å². The van der Waals surface area contributed by atoms with Gasteiger partial charge in [0.1, 0.15) is 6.29 Å². The van der Waals surface area contributed by atoms with Crippen LogP contribution in [0, 0.1) is 6.92 Å². The van der Waals surface area contributed by atoms with E-state index in [9.17, 15) is 4.79 Å². The maximum Gasteiger partial charge on any atom is 0.150 e. The van der Waals surface area contributed by atoms with E-state index in [0.717, 1.165) is 17.5 Å². The first-order valence-electron chi connectivity index (χ1n) is 4.64. The van der Waals surface area contributed by atoms with Crippen LogP contribution in [0.2, 0.25) is 0 Å². The van der Waals surface area contributed by atoms with Crippen LogP contribution in [0.4, 0.5) is 11.4 Å². The van der Waals surface area contributed by atoms with Crippen LogP contribution in [0.5, 0.6) is 0 Å². The van der Waals surface area contributed by atoms with Gasteiger partial charge in [-0.25, -0.2) is 0 Å². The van der Waals surface area contributed by atoms with Gasteiger partial charge in [-0.15, -0.1) is 6.58 Å². The summed E-state index contributed by atoms with van der Waals surface area (Å²) >= 11 is 0. The summed E-state index contributed by atoms with van der Waals surface area (Å²) in [6, 6.07) is 3.52. The molecule has 0 aliphatic heterocycles. The lowest BCUT2D eigenvalue weighted by Crippen LogP contribution is -2.01. The highest BCUT2D eigenvalue weighted by atomic mass is 16.1. The highest BCUT2D eigenvalue weighted by Gasteiger charge is 2.05. The minimum atomic E-state index is 0.610. The minimum absolute atomic E-state index is 0.610. The molecule has 1 rings (SSSR count). The molecule has 78 valence electrons. The number of carbonyl (C=O) groups excluding carboxylic acids is 1. The van der Waals surface area contributed by atoms with E-state index >= 15 is 0 Å². The van der Waals surface area contributed by atoms with E-state index in [0.29, 0.717) is 17.8 Å². The quantitative estimate of drug-likeness (QED) is 0.453. The lowest BCUT2D eigenvalue weighted by molar-refractivity contribution is 0.112. The van der Waals surface area contributed by atoms with Crippen molar-refractivity contribution >= 4 is 24.4 Å². The zero-order valence-electron chi connectivity index (χ0n) is 8.79. The predicted molar refractivity (Wildman–Crippen MR) is 64.5 cm³/mol. The molecule has 3 heteroatoms. The van der Waals surface area contributed by atoms with Crippen molar-refractivity contribution < 1.29 is 4.79 Å². The molecule has 0 saturated heterocycles. The van der Waals surface area contributed by atoms with Gasteiger partial charge < -0.3 is 5.32 Å². The van der Waals surface area contributed by atoms with Gasteiger partial charge in [0.2, 0.25) is 0 Å². The molecule has 0 atom stereocenters. The zero-order valence-corrected chi connectivity index (χ0v) is 8.79. The Kier molecular flexibility index (Phi) is 3.80. The fourth-order valence-corrected chi connectivity index (χ4v) is 1.39. The zero-order chi connectivity index (χ0) is 11.3. The van der Waals surface area contributed by atoms with Gasteiger partial charge in [0.05, 0.1) is 11.4 Å². The van der Waals surface area contributed by atoms with Crippen molar-refractivity contribution in [3.8, 4) is 0 Å². The van der Waals surface area contributed by atoms with Gasteiger partial charge in [0.15, 0.2) is 0 Å². The number of nitrogens with zero attached hydrogens (tertiary/aromatic N) is 1. The average Bonchev–Trinajstić information content (AvgIpc) is 2.26. The first kappa shape index (κ1) is 11.2. The summed E-state index contributed by atoms with van der Waals surface area (Å²) in [6.45, 7) is 9.69. The van der Waals surface area contributed by atoms with Crippen molar-refractivity contribution in [1.82, 2.24) is 0 Å². The second-order valence-electron chi connectivity index (χ2n) is 3.18. The summed E-state index contributed by atoms with van der Waals surface area (Å²) in [5.74, 6) is 0. The Morgan fingerprint density at radius 1 is 1.53 bits per heavy atom. The number of benzene rings is 1. The number of hydrogen-bond acceptors (Lipinski definition) is 3. The number of rotatable bonds is 5.